The second-order valence-corrected chi connectivity index (χ2v) is 4.22. The number of rotatable bonds is 7. The quantitative estimate of drug-likeness (QED) is 0.690. The summed E-state index contributed by atoms with van der Waals surface area (Å²) < 4.78 is 4.95. The highest BCUT2D eigenvalue weighted by Crippen LogP contribution is 2.13. The van der Waals surface area contributed by atoms with Crippen molar-refractivity contribution in [1.82, 2.24) is 0 Å². The van der Waals surface area contributed by atoms with Gasteiger partial charge in [0.2, 0.25) is 0 Å². The molecule has 5 heteroatoms. The van der Waals surface area contributed by atoms with E-state index in [1.165, 1.54) is 0 Å². The summed E-state index contributed by atoms with van der Waals surface area (Å²) in [7, 11) is 1.59. The molecule has 0 aromatic heterocycles. The van der Waals surface area contributed by atoms with Crippen molar-refractivity contribution >= 4 is 17.6 Å². The summed E-state index contributed by atoms with van der Waals surface area (Å²) in [6.45, 7) is 1.62. The van der Waals surface area contributed by atoms with Crippen molar-refractivity contribution in [2.45, 2.75) is 6.54 Å². The highest BCUT2D eigenvalue weighted by atomic mass is 35.5. The SMILES string of the molecule is COCC[NH+](CC(=O)[O-])Cc1ccccc1Cl. The molecule has 1 rings (SSSR count). The summed E-state index contributed by atoms with van der Waals surface area (Å²) in [6, 6.07) is 7.42. The fourth-order valence-electron chi connectivity index (χ4n) is 1.60. The van der Waals surface area contributed by atoms with E-state index in [-0.39, 0.29) is 6.54 Å². The third-order valence-corrected chi connectivity index (χ3v) is 2.82. The van der Waals surface area contributed by atoms with Crippen LogP contribution in [0.5, 0.6) is 0 Å². The first-order chi connectivity index (χ1) is 8.13. The van der Waals surface area contributed by atoms with Gasteiger partial charge in [0.05, 0.1) is 12.6 Å². The molecule has 1 N–H and O–H groups in total. The van der Waals surface area contributed by atoms with Crippen LogP contribution in [0.3, 0.4) is 0 Å². The highest BCUT2D eigenvalue weighted by molar-refractivity contribution is 6.31. The van der Waals surface area contributed by atoms with Gasteiger partial charge in [-0.2, -0.15) is 0 Å². The summed E-state index contributed by atoms with van der Waals surface area (Å²) in [6.07, 6.45) is 0. The van der Waals surface area contributed by atoms with E-state index in [0.717, 1.165) is 10.5 Å². The van der Waals surface area contributed by atoms with E-state index < -0.39 is 5.97 Å². The Hall–Kier alpha value is -1.10. The van der Waals surface area contributed by atoms with Gasteiger partial charge in [-0.1, -0.05) is 29.8 Å². The van der Waals surface area contributed by atoms with Crippen molar-refractivity contribution < 1.29 is 19.5 Å². The lowest BCUT2D eigenvalue weighted by Crippen LogP contribution is -3.12. The van der Waals surface area contributed by atoms with Crippen LogP contribution in [0.1, 0.15) is 5.56 Å². The second-order valence-electron chi connectivity index (χ2n) is 3.81. The number of ether oxygens (including phenoxy) is 1. The van der Waals surface area contributed by atoms with Crippen LogP contribution in [-0.4, -0.2) is 32.8 Å². The molecule has 4 nitrogen and oxygen atoms in total. The number of benzene rings is 1. The lowest BCUT2D eigenvalue weighted by Gasteiger charge is -2.20. The Morgan fingerprint density at radius 3 is 2.76 bits per heavy atom. The monoisotopic (exact) mass is 257 g/mol. The van der Waals surface area contributed by atoms with E-state index in [4.69, 9.17) is 16.3 Å². The average molecular weight is 258 g/mol. The molecule has 0 saturated carbocycles. The number of hydrogen-bond acceptors (Lipinski definition) is 3. The van der Waals surface area contributed by atoms with Gasteiger partial charge in [0, 0.05) is 17.7 Å². The van der Waals surface area contributed by atoms with E-state index in [0.29, 0.717) is 24.7 Å². The smallest absolute Gasteiger partial charge is 0.118 e. The van der Waals surface area contributed by atoms with Crippen LogP contribution >= 0.6 is 11.6 Å². The van der Waals surface area contributed by atoms with Gasteiger partial charge in [-0.3, -0.25) is 0 Å². The van der Waals surface area contributed by atoms with Crippen molar-refractivity contribution in [3.05, 3.63) is 34.9 Å². The molecule has 0 aliphatic rings. The molecule has 0 heterocycles. The van der Waals surface area contributed by atoms with Crippen LogP contribution in [0, 0.1) is 0 Å². The van der Waals surface area contributed by atoms with Crippen LogP contribution in [0.4, 0.5) is 0 Å². The number of methoxy groups -OCH3 is 1. The molecule has 1 unspecified atom stereocenters. The van der Waals surface area contributed by atoms with Crippen LogP contribution in [0.25, 0.3) is 0 Å². The van der Waals surface area contributed by atoms with Gasteiger partial charge in [0.25, 0.3) is 0 Å². The molecule has 17 heavy (non-hydrogen) atoms. The van der Waals surface area contributed by atoms with Gasteiger partial charge in [0.1, 0.15) is 19.6 Å². The zero-order valence-corrected chi connectivity index (χ0v) is 10.5. The predicted molar refractivity (Wildman–Crippen MR) is 62.7 cm³/mol. The summed E-state index contributed by atoms with van der Waals surface area (Å²) in [5.74, 6) is -1.07. The molecule has 94 valence electrons. The molecule has 1 atom stereocenters. The maximum atomic E-state index is 10.6. The van der Waals surface area contributed by atoms with Crippen LogP contribution < -0.4 is 10.0 Å². The molecular formula is C12H16ClNO3. The normalized spacial score (nSPS) is 12.4. The Kier molecular flexibility index (Phi) is 5.97. The van der Waals surface area contributed by atoms with Crippen LogP contribution in [-0.2, 0) is 16.1 Å². The number of hydrogen-bond donors (Lipinski definition) is 1. The first-order valence-electron chi connectivity index (χ1n) is 5.39. The van der Waals surface area contributed by atoms with E-state index in [1.807, 2.05) is 18.2 Å². The minimum atomic E-state index is -1.07. The molecule has 1 aromatic carbocycles. The van der Waals surface area contributed by atoms with Gasteiger partial charge < -0.3 is 19.5 Å². The maximum absolute atomic E-state index is 10.6. The fraction of sp³-hybridized carbons (Fsp3) is 0.417. The Balaban J connectivity index is 2.64. The van der Waals surface area contributed by atoms with E-state index in [1.54, 1.807) is 13.2 Å². The first-order valence-corrected chi connectivity index (χ1v) is 5.77. The molecule has 0 fully saturated rings. The molecule has 0 bridgehead atoms. The van der Waals surface area contributed by atoms with Crippen LogP contribution in [0.15, 0.2) is 24.3 Å². The summed E-state index contributed by atoms with van der Waals surface area (Å²) in [4.78, 5) is 11.5. The molecule has 0 spiro atoms. The highest BCUT2D eigenvalue weighted by Gasteiger charge is 2.11. The van der Waals surface area contributed by atoms with Crippen molar-refractivity contribution in [2.24, 2.45) is 0 Å². The standard InChI is InChI=1S/C12H16ClNO3/c1-17-7-6-14(9-12(15)16)8-10-4-2-3-5-11(10)13/h2-5H,6-9H2,1H3,(H,15,16). The van der Waals surface area contributed by atoms with Gasteiger partial charge in [-0.15, -0.1) is 0 Å². The van der Waals surface area contributed by atoms with Gasteiger partial charge in [0.15, 0.2) is 0 Å². The lowest BCUT2D eigenvalue weighted by atomic mass is 10.2. The maximum Gasteiger partial charge on any atom is 0.118 e. The molecule has 0 radical (unpaired) electrons. The van der Waals surface area contributed by atoms with Gasteiger partial charge in [-0.25, -0.2) is 0 Å². The van der Waals surface area contributed by atoms with Crippen molar-refractivity contribution in [2.75, 3.05) is 26.8 Å². The van der Waals surface area contributed by atoms with Crippen molar-refractivity contribution in [3.63, 3.8) is 0 Å². The number of halogens is 1. The number of nitrogens with one attached hydrogen (secondary N) is 1. The van der Waals surface area contributed by atoms with Gasteiger partial charge >= 0.3 is 0 Å². The van der Waals surface area contributed by atoms with E-state index in [2.05, 4.69) is 0 Å². The van der Waals surface area contributed by atoms with Crippen molar-refractivity contribution in [3.8, 4) is 0 Å². The number of carboxylic acids is 1. The predicted octanol–water partition coefficient (Wildman–Crippen LogP) is -0.879. The third kappa shape index (κ3) is 5.17. The lowest BCUT2D eigenvalue weighted by molar-refractivity contribution is -0.908. The number of carbonyl (C=O) groups excluding carboxylic acids is 1. The topological polar surface area (TPSA) is 53.8 Å². The average Bonchev–Trinajstić information content (AvgIpc) is 2.28. The summed E-state index contributed by atoms with van der Waals surface area (Å²) in [5, 5.41) is 11.3. The molecule has 0 aliphatic carbocycles. The summed E-state index contributed by atoms with van der Waals surface area (Å²) in [5.41, 5.74) is 0.932. The van der Waals surface area contributed by atoms with E-state index >= 15 is 0 Å². The Morgan fingerprint density at radius 1 is 1.47 bits per heavy atom. The number of aliphatic carboxylic acids is 1. The zero-order chi connectivity index (χ0) is 12.7. The molecule has 1 aromatic rings. The minimum Gasteiger partial charge on any atom is -0.544 e. The second kappa shape index (κ2) is 7.27. The summed E-state index contributed by atoms with van der Waals surface area (Å²) >= 11 is 6.03. The number of quaternary nitrogens is 1. The fourth-order valence-corrected chi connectivity index (χ4v) is 1.80. The van der Waals surface area contributed by atoms with E-state index in [9.17, 15) is 9.90 Å². The van der Waals surface area contributed by atoms with Crippen molar-refractivity contribution in [1.29, 1.82) is 0 Å². The minimum absolute atomic E-state index is 0.0470. The van der Waals surface area contributed by atoms with Crippen LogP contribution in [0.2, 0.25) is 5.02 Å². The molecule has 0 amide bonds. The first kappa shape index (κ1) is 14.0. The largest absolute Gasteiger partial charge is 0.544 e. The third-order valence-electron chi connectivity index (χ3n) is 2.45. The van der Waals surface area contributed by atoms with Gasteiger partial charge in [-0.05, 0) is 6.07 Å². The Labute approximate surface area is 106 Å². The molecular weight excluding hydrogens is 242 g/mol. The molecule has 0 aliphatic heterocycles. The number of carboxylic acid groups (broad SMARTS) is 1. The molecule has 0 saturated heterocycles. The Morgan fingerprint density at radius 2 is 2.18 bits per heavy atom. The number of carbonyl (C=O) groups is 1. The Bertz CT molecular complexity index is 371. The zero-order valence-electron chi connectivity index (χ0n) is 9.74.